The fraction of sp³-hybridized carbons (Fsp3) is 0.318. The molecule has 1 atom stereocenters. The van der Waals surface area contributed by atoms with Gasteiger partial charge in [0.15, 0.2) is 0 Å². The Morgan fingerprint density at radius 1 is 1.03 bits per heavy atom. The van der Waals surface area contributed by atoms with Gasteiger partial charge in [-0.2, -0.15) is 0 Å². The third-order valence-corrected chi connectivity index (χ3v) is 5.00. The van der Waals surface area contributed by atoms with E-state index in [1.54, 1.807) is 0 Å². The number of rotatable bonds is 7. The Morgan fingerprint density at radius 2 is 1.62 bits per heavy atom. The number of carbonyl (C=O) groups is 3. The number of carboxylic acid groups (broad SMARTS) is 1. The smallest absolute Gasteiger partial charge is 0.407 e. The monoisotopic (exact) mass is 396 g/mol. The Balaban J connectivity index is 1.47. The Hall–Kier alpha value is -3.35. The molecule has 1 unspecified atom stereocenters. The van der Waals surface area contributed by atoms with E-state index in [1.807, 2.05) is 31.2 Å². The molecule has 2 amide bonds. The van der Waals surface area contributed by atoms with Crippen molar-refractivity contribution in [2.24, 2.45) is 0 Å². The lowest BCUT2D eigenvalue weighted by molar-refractivity contribution is -0.150. The van der Waals surface area contributed by atoms with Crippen LogP contribution in [0.15, 0.2) is 48.5 Å². The Morgan fingerprint density at radius 3 is 2.21 bits per heavy atom. The van der Waals surface area contributed by atoms with Gasteiger partial charge in [-0.15, -0.1) is 0 Å². The molecule has 0 fully saturated rings. The average Bonchev–Trinajstić information content (AvgIpc) is 3.03. The summed E-state index contributed by atoms with van der Waals surface area (Å²) >= 11 is 0. The molecule has 0 saturated carbocycles. The first-order valence-electron chi connectivity index (χ1n) is 9.60. The number of carbonyl (C=O) groups excluding carboxylic acids is 2. The molecular weight excluding hydrogens is 372 g/mol. The summed E-state index contributed by atoms with van der Waals surface area (Å²) in [6, 6.07) is 16.1. The number of amides is 2. The van der Waals surface area contributed by atoms with Crippen LogP contribution in [0.1, 0.15) is 36.8 Å². The summed E-state index contributed by atoms with van der Waals surface area (Å²) in [5.41, 5.74) is 4.66. The summed E-state index contributed by atoms with van der Waals surface area (Å²) < 4.78 is 5.49. The highest BCUT2D eigenvalue weighted by atomic mass is 16.5. The number of alkyl carbamates (subject to hydrolysis) is 1. The molecule has 7 heteroatoms. The third-order valence-electron chi connectivity index (χ3n) is 5.00. The molecule has 1 aliphatic rings. The number of aliphatic carboxylic acids is 1. The molecule has 7 nitrogen and oxygen atoms in total. The van der Waals surface area contributed by atoms with Crippen LogP contribution in [0.25, 0.3) is 11.1 Å². The van der Waals surface area contributed by atoms with Crippen molar-refractivity contribution >= 4 is 18.0 Å². The van der Waals surface area contributed by atoms with Crippen LogP contribution < -0.4 is 10.6 Å². The van der Waals surface area contributed by atoms with Crippen molar-refractivity contribution in [2.75, 3.05) is 13.2 Å². The molecule has 0 aromatic heterocycles. The number of carboxylic acids is 1. The molecule has 2 aromatic rings. The van der Waals surface area contributed by atoms with Crippen molar-refractivity contribution in [3.8, 4) is 11.1 Å². The second kappa shape index (κ2) is 9.23. The molecule has 0 aliphatic heterocycles. The maximum Gasteiger partial charge on any atom is 0.407 e. The van der Waals surface area contributed by atoms with Gasteiger partial charge in [0, 0.05) is 18.5 Å². The van der Waals surface area contributed by atoms with Crippen LogP contribution in [0.4, 0.5) is 4.79 Å². The summed E-state index contributed by atoms with van der Waals surface area (Å²) in [6.45, 7) is 2.32. The van der Waals surface area contributed by atoms with E-state index in [4.69, 9.17) is 9.84 Å². The van der Waals surface area contributed by atoms with E-state index in [0.717, 1.165) is 11.1 Å². The topological polar surface area (TPSA) is 105 Å². The third kappa shape index (κ3) is 4.93. The van der Waals surface area contributed by atoms with E-state index in [9.17, 15) is 14.4 Å². The lowest BCUT2D eigenvalue weighted by Gasteiger charge is -2.17. The summed E-state index contributed by atoms with van der Waals surface area (Å²) in [5, 5.41) is 13.6. The fourth-order valence-corrected chi connectivity index (χ4v) is 3.60. The van der Waals surface area contributed by atoms with Gasteiger partial charge in [0.1, 0.15) is 6.61 Å². The Kier molecular flexibility index (Phi) is 6.49. The van der Waals surface area contributed by atoms with E-state index < -0.39 is 18.0 Å². The largest absolute Gasteiger partial charge is 0.474 e. The minimum Gasteiger partial charge on any atom is -0.474 e. The molecule has 29 heavy (non-hydrogen) atoms. The van der Waals surface area contributed by atoms with Crippen molar-refractivity contribution in [1.82, 2.24) is 10.6 Å². The maximum absolute atomic E-state index is 12.2. The number of fused-ring (bicyclic) bond motifs is 3. The number of hydrogen-bond acceptors (Lipinski definition) is 4. The quantitative estimate of drug-likeness (QED) is 0.493. The molecule has 0 spiro atoms. The standard InChI is InChI=1S/C22H24N2O5/c1-14(7-6-12-23-20(25)21(26)27)24-22(28)29-13-19-17-10-4-2-8-15(17)16-9-3-5-11-18(16)19/h2-5,8-11,14,19H,6-7,12-13H2,1H3,(H,23,25)(H,24,28)(H,26,27). The lowest BCUT2D eigenvalue weighted by Crippen LogP contribution is -2.35. The van der Waals surface area contributed by atoms with E-state index in [1.165, 1.54) is 11.1 Å². The van der Waals surface area contributed by atoms with Gasteiger partial charge in [0.05, 0.1) is 0 Å². The van der Waals surface area contributed by atoms with Crippen LogP contribution in [0.2, 0.25) is 0 Å². The molecule has 3 rings (SSSR count). The predicted molar refractivity (Wildman–Crippen MR) is 108 cm³/mol. The van der Waals surface area contributed by atoms with Crippen molar-refractivity contribution in [3.63, 3.8) is 0 Å². The molecule has 0 radical (unpaired) electrons. The average molecular weight is 396 g/mol. The first kappa shape index (κ1) is 20.4. The zero-order valence-electron chi connectivity index (χ0n) is 16.2. The molecule has 0 saturated heterocycles. The summed E-state index contributed by atoms with van der Waals surface area (Å²) in [5.74, 6) is -2.52. The summed E-state index contributed by atoms with van der Waals surface area (Å²) in [4.78, 5) is 33.6. The van der Waals surface area contributed by atoms with Crippen LogP contribution in [0.3, 0.4) is 0 Å². The highest BCUT2D eigenvalue weighted by Gasteiger charge is 2.29. The van der Waals surface area contributed by atoms with Crippen molar-refractivity contribution in [1.29, 1.82) is 0 Å². The molecule has 1 aliphatic carbocycles. The van der Waals surface area contributed by atoms with Gasteiger partial charge in [-0.3, -0.25) is 4.79 Å². The lowest BCUT2D eigenvalue weighted by atomic mass is 9.98. The maximum atomic E-state index is 12.2. The molecule has 152 valence electrons. The van der Waals surface area contributed by atoms with Crippen molar-refractivity contribution in [2.45, 2.75) is 31.7 Å². The van der Waals surface area contributed by atoms with Gasteiger partial charge in [0.2, 0.25) is 0 Å². The van der Waals surface area contributed by atoms with Crippen LogP contribution >= 0.6 is 0 Å². The second-order valence-electron chi connectivity index (χ2n) is 7.07. The predicted octanol–water partition coefficient (Wildman–Crippen LogP) is 2.89. The summed E-state index contributed by atoms with van der Waals surface area (Å²) in [6.07, 6.45) is 0.641. The van der Waals surface area contributed by atoms with Crippen LogP contribution in [-0.4, -0.2) is 42.3 Å². The van der Waals surface area contributed by atoms with Crippen LogP contribution in [-0.2, 0) is 14.3 Å². The first-order valence-corrected chi connectivity index (χ1v) is 9.60. The molecular formula is C22H24N2O5. The number of ether oxygens (including phenoxy) is 1. The molecule has 3 N–H and O–H groups in total. The number of hydrogen-bond donors (Lipinski definition) is 3. The van der Waals surface area contributed by atoms with Gasteiger partial charge in [-0.05, 0) is 42.0 Å². The summed E-state index contributed by atoms with van der Waals surface area (Å²) in [7, 11) is 0. The highest BCUT2D eigenvalue weighted by Crippen LogP contribution is 2.44. The number of nitrogens with one attached hydrogen (secondary N) is 2. The van der Waals surface area contributed by atoms with E-state index in [0.29, 0.717) is 12.8 Å². The SMILES string of the molecule is CC(CCCNC(=O)C(=O)O)NC(=O)OCC1c2ccccc2-c2ccccc21. The minimum absolute atomic E-state index is 0.00897. The normalized spacial score (nSPS) is 13.1. The van der Waals surface area contributed by atoms with Crippen LogP contribution in [0.5, 0.6) is 0 Å². The fourth-order valence-electron chi connectivity index (χ4n) is 3.60. The highest BCUT2D eigenvalue weighted by molar-refractivity contribution is 6.31. The van der Waals surface area contributed by atoms with Crippen LogP contribution in [0, 0.1) is 0 Å². The van der Waals surface area contributed by atoms with E-state index in [2.05, 4.69) is 34.9 Å². The van der Waals surface area contributed by atoms with Gasteiger partial charge in [-0.1, -0.05) is 48.5 Å². The van der Waals surface area contributed by atoms with Crippen molar-refractivity contribution in [3.05, 3.63) is 59.7 Å². The minimum atomic E-state index is -1.50. The molecule has 0 heterocycles. The van der Waals surface area contributed by atoms with Gasteiger partial charge in [-0.25, -0.2) is 9.59 Å². The first-order chi connectivity index (χ1) is 14.0. The van der Waals surface area contributed by atoms with E-state index in [-0.39, 0.29) is 25.1 Å². The molecule has 2 aromatic carbocycles. The van der Waals surface area contributed by atoms with Crippen molar-refractivity contribution < 1.29 is 24.2 Å². The Labute approximate surface area is 169 Å². The van der Waals surface area contributed by atoms with E-state index >= 15 is 0 Å². The zero-order chi connectivity index (χ0) is 20.8. The second-order valence-corrected chi connectivity index (χ2v) is 7.07. The zero-order valence-corrected chi connectivity index (χ0v) is 16.2. The molecule has 0 bridgehead atoms. The number of benzene rings is 2. The van der Waals surface area contributed by atoms with Gasteiger partial charge >= 0.3 is 18.0 Å². The van der Waals surface area contributed by atoms with Gasteiger partial charge < -0.3 is 20.5 Å². The van der Waals surface area contributed by atoms with Gasteiger partial charge in [0.25, 0.3) is 0 Å². The Bertz CT molecular complexity index is 866.